The van der Waals surface area contributed by atoms with Crippen molar-refractivity contribution in [3.8, 4) is 0 Å². The highest BCUT2D eigenvalue weighted by molar-refractivity contribution is 7.36. The number of alkyl halides is 1. The molecule has 54 valence electrons. The van der Waals surface area contributed by atoms with Gasteiger partial charge in [0.2, 0.25) is 0 Å². The average molecular weight is 187 g/mol. The predicted molar refractivity (Wildman–Crippen MR) is 46.6 cm³/mol. The van der Waals surface area contributed by atoms with E-state index in [0.717, 1.165) is 19.3 Å². The fraction of sp³-hybridized carbons (Fsp3) is 1.00. The maximum Gasteiger partial charge on any atom is 0.369 e. The van der Waals surface area contributed by atoms with Crippen molar-refractivity contribution in [2.24, 2.45) is 0 Å². The molecule has 1 atom stereocenters. The van der Waals surface area contributed by atoms with Crippen LogP contribution in [0.15, 0.2) is 0 Å². The second-order valence-electron chi connectivity index (χ2n) is 1.99. The lowest BCUT2D eigenvalue weighted by Gasteiger charge is -2.04. The first-order valence-corrected chi connectivity index (χ1v) is 4.41. The molecule has 0 aromatic rings. The van der Waals surface area contributed by atoms with E-state index in [9.17, 15) is 0 Å². The molecule has 0 aliphatic rings. The van der Waals surface area contributed by atoms with Crippen LogP contribution in [0, 0.1) is 0 Å². The van der Waals surface area contributed by atoms with E-state index in [4.69, 9.17) is 34.5 Å². The van der Waals surface area contributed by atoms with Gasteiger partial charge >= 0.3 is 5.54 Å². The number of halogens is 3. The zero-order valence-electron chi connectivity index (χ0n) is 5.41. The molecule has 0 unspecified atom stereocenters. The Labute approximate surface area is 71.8 Å². The van der Waals surface area contributed by atoms with Crippen molar-refractivity contribution in [2.45, 2.75) is 31.5 Å². The summed E-state index contributed by atoms with van der Waals surface area (Å²) in [7, 11) is 0. The van der Waals surface area contributed by atoms with Gasteiger partial charge in [-0.3, -0.25) is 0 Å². The Morgan fingerprint density at radius 3 is 2.33 bits per heavy atom. The third kappa shape index (κ3) is 5.38. The lowest BCUT2D eigenvalue weighted by molar-refractivity contribution is 0.754. The van der Waals surface area contributed by atoms with Gasteiger partial charge in [-0.15, -0.1) is 11.6 Å². The Kier molecular flexibility index (Phi) is 6.29. The van der Waals surface area contributed by atoms with Gasteiger partial charge < -0.3 is 0 Å². The lowest BCUT2D eigenvalue weighted by atomic mass is 9.95. The highest BCUT2D eigenvalue weighted by Crippen LogP contribution is 2.15. The summed E-state index contributed by atoms with van der Waals surface area (Å²) in [6.45, 7) is 2.11. The van der Waals surface area contributed by atoms with E-state index in [-0.39, 0.29) is 5.28 Å². The Hall–Kier alpha value is 0.935. The van der Waals surface area contributed by atoms with Crippen LogP contribution in [-0.4, -0.2) is 10.8 Å². The second kappa shape index (κ2) is 5.70. The summed E-state index contributed by atoms with van der Waals surface area (Å²) >= 11 is 16.7. The Balaban J connectivity index is 3.16. The van der Waals surface area contributed by atoms with Crippen LogP contribution in [0.3, 0.4) is 0 Å². The van der Waals surface area contributed by atoms with Gasteiger partial charge in [-0.25, -0.2) is 0 Å². The molecule has 0 radical (unpaired) electrons. The number of hydrogen-bond acceptors (Lipinski definition) is 0. The van der Waals surface area contributed by atoms with Crippen molar-refractivity contribution in [1.82, 2.24) is 0 Å². The number of hydrogen-bond donors (Lipinski definition) is 0. The summed E-state index contributed by atoms with van der Waals surface area (Å²) in [4.78, 5) is 0. The van der Waals surface area contributed by atoms with Crippen molar-refractivity contribution in [2.75, 3.05) is 0 Å². The largest absolute Gasteiger partial charge is 0.369 e. The molecule has 0 rings (SSSR count). The Morgan fingerprint density at radius 2 is 2.00 bits per heavy atom. The summed E-state index contributed by atoms with van der Waals surface area (Å²) in [5.41, 5.74) is -0.418. The quantitative estimate of drug-likeness (QED) is 0.468. The molecule has 9 heavy (non-hydrogen) atoms. The van der Waals surface area contributed by atoms with Gasteiger partial charge in [0.05, 0.1) is 0 Å². The first-order chi connectivity index (χ1) is 4.18. The Bertz CT molecular complexity index is 67.2. The predicted octanol–water partition coefficient (Wildman–Crippen LogP) is 3.29. The second-order valence-corrected chi connectivity index (χ2v) is 3.72. The average Bonchev–Trinajstić information content (AvgIpc) is 1.82. The van der Waals surface area contributed by atoms with Crippen molar-refractivity contribution >= 4 is 40.1 Å². The van der Waals surface area contributed by atoms with Crippen LogP contribution < -0.4 is 0 Å². The van der Waals surface area contributed by atoms with Gasteiger partial charge in [0.25, 0.3) is 0 Å². The molecule has 0 saturated heterocycles. The minimum absolute atomic E-state index is 0.0757. The number of rotatable bonds is 4. The topological polar surface area (TPSA) is 0 Å². The minimum Gasteiger partial charge on any atom is -0.170 e. The lowest BCUT2D eigenvalue weighted by Crippen LogP contribution is -2.12. The van der Waals surface area contributed by atoms with Crippen LogP contribution in [0.25, 0.3) is 0 Å². The van der Waals surface area contributed by atoms with Gasteiger partial charge in [-0.05, 0) is 6.42 Å². The Morgan fingerprint density at radius 1 is 1.44 bits per heavy atom. The monoisotopic (exact) mass is 186 g/mol. The molecule has 0 saturated carbocycles. The zero-order chi connectivity index (χ0) is 7.28. The van der Waals surface area contributed by atoms with Crippen LogP contribution in [0.4, 0.5) is 0 Å². The molecule has 0 aromatic carbocycles. The third-order valence-corrected chi connectivity index (χ3v) is 2.44. The van der Waals surface area contributed by atoms with E-state index in [1.54, 1.807) is 0 Å². The molecule has 0 fully saturated rings. The molecular weight excluding hydrogens is 177 g/mol. The molecule has 0 N–H and O–H groups in total. The molecule has 0 bridgehead atoms. The molecule has 4 heteroatoms. The normalized spacial score (nSPS) is 13.3. The van der Waals surface area contributed by atoms with Gasteiger partial charge in [0.15, 0.2) is 0 Å². The molecule has 0 aromatic heterocycles. The summed E-state index contributed by atoms with van der Waals surface area (Å²) < 4.78 is 0. The fourth-order valence-electron chi connectivity index (χ4n) is 0.525. The number of unbranched alkanes of at least 4 members (excludes halogenated alkanes) is 1. The highest BCUT2D eigenvalue weighted by atomic mass is 35.5. The molecule has 0 amide bonds. The third-order valence-electron chi connectivity index (χ3n) is 1.11. The van der Waals surface area contributed by atoms with E-state index in [2.05, 4.69) is 6.92 Å². The maximum absolute atomic E-state index is 5.73. The standard InChI is InChI=1S/C5H10BCl3/c1-2-3-4-5(7)6(8)9/h5H,2-4H2,1H3/t5-/m1/s1. The molecule has 0 aliphatic carbocycles. The molecule has 0 nitrogen and oxygen atoms in total. The zero-order valence-corrected chi connectivity index (χ0v) is 7.68. The van der Waals surface area contributed by atoms with Gasteiger partial charge in [-0.2, -0.15) is 22.9 Å². The van der Waals surface area contributed by atoms with E-state index in [0.29, 0.717) is 0 Å². The summed E-state index contributed by atoms with van der Waals surface area (Å²) in [6.07, 6.45) is 3.16. The van der Waals surface area contributed by atoms with Crippen LogP contribution in [-0.2, 0) is 0 Å². The van der Waals surface area contributed by atoms with Crippen molar-refractivity contribution in [3.05, 3.63) is 0 Å². The van der Waals surface area contributed by atoms with E-state index in [1.807, 2.05) is 0 Å². The molecule has 0 heterocycles. The molecule has 0 spiro atoms. The summed E-state index contributed by atoms with van der Waals surface area (Å²) in [5, 5.41) is -0.0757. The van der Waals surface area contributed by atoms with Crippen molar-refractivity contribution in [1.29, 1.82) is 0 Å². The summed E-state index contributed by atoms with van der Waals surface area (Å²) in [6, 6.07) is 0. The highest BCUT2D eigenvalue weighted by Gasteiger charge is 2.17. The first-order valence-electron chi connectivity index (χ1n) is 3.10. The van der Waals surface area contributed by atoms with Crippen LogP contribution in [0.5, 0.6) is 0 Å². The van der Waals surface area contributed by atoms with Gasteiger partial charge in [-0.1, -0.05) is 19.8 Å². The molecular formula is C5H10BCl3. The van der Waals surface area contributed by atoms with Crippen LogP contribution in [0.2, 0.25) is 0 Å². The summed E-state index contributed by atoms with van der Waals surface area (Å²) in [5.74, 6) is 0. The SMILES string of the molecule is CCCC[C@@H](Cl)B(Cl)Cl. The molecule has 0 aliphatic heterocycles. The van der Waals surface area contributed by atoms with Crippen molar-refractivity contribution in [3.63, 3.8) is 0 Å². The smallest absolute Gasteiger partial charge is 0.170 e. The van der Waals surface area contributed by atoms with Crippen LogP contribution in [0.1, 0.15) is 26.2 Å². The van der Waals surface area contributed by atoms with Gasteiger partial charge in [0.1, 0.15) is 0 Å². The fourth-order valence-corrected chi connectivity index (χ4v) is 0.931. The van der Waals surface area contributed by atoms with Crippen molar-refractivity contribution < 1.29 is 0 Å². The van der Waals surface area contributed by atoms with Crippen LogP contribution >= 0.6 is 34.5 Å². The van der Waals surface area contributed by atoms with E-state index in [1.165, 1.54) is 0 Å². The maximum atomic E-state index is 5.73. The first kappa shape index (κ1) is 9.93. The van der Waals surface area contributed by atoms with E-state index < -0.39 is 5.54 Å². The van der Waals surface area contributed by atoms with E-state index >= 15 is 0 Å². The van der Waals surface area contributed by atoms with Gasteiger partial charge in [0, 0.05) is 5.28 Å². The minimum atomic E-state index is -0.418.